The molecule has 0 spiro atoms. The number of carbonyl (C=O) groups is 1. The Morgan fingerprint density at radius 1 is 1.33 bits per heavy atom. The largest absolute Gasteiger partial charge is 0.484 e. The van der Waals surface area contributed by atoms with Gasteiger partial charge < -0.3 is 9.26 Å². The molecule has 5 heteroatoms. The van der Waals surface area contributed by atoms with Crippen molar-refractivity contribution in [3.63, 3.8) is 0 Å². The van der Waals surface area contributed by atoms with Gasteiger partial charge in [-0.15, -0.1) is 0 Å². The van der Waals surface area contributed by atoms with E-state index in [2.05, 4.69) is 17.1 Å². The lowest BCUT2D eigenvalue weighted by Gasteiger charge is -2.15. The molecule has 110 valence electrons. The first-order valence-electron chi connectivity index (χ1n) is 7.36. The molecule has 0 N–H and O–H groups in total. The van der Waals surface area contributed by atoms with Crippen molar-refractivity contribution in [2.24, 2.45) is 0 Å². The fraction of sp³-hybridized carbons (Fsp3) is 0.438. The maximum absolute atomic E-state index is 11.9. The average molecular weight is 286 g/mol. The first-order chi connectivity index (χ1) is 10.3. The van der Waals surface area contributed by atoms with Crippen LogP contribution in [0.4, 0.5) is 0 Å². The summed E-state index contributed by atoms with van der Waals surface area (Å²) in [5.74, 6) is 2.03. The monoisotopic (exact) mass is 286 g/mol. The summed E-state index contributed by atoms with van der Waals surface area (Å²) in [6.45, 7) is 2.29. The molecule has 0 fully saturated rings. The molecule has 0 unspecified atom stereocenters. The van der Waals surface area contributed by atoms with Gasteiger partial charge in [0, 0.05) is 18.4 Å². The smallest absolute Gasteiger partial charge is 0.264 e. The second-order valence-corrected chi connectivity index (χ2v) is 5.24. The molecule has 1 aromatic heterocycles. The predicted molar refractivity (Wildman–Crippen MR) is 76.3 cm³/mol. The van der Waals surface area contributed by atoms with Gasteiger partial charge in [0.2, 0.25) is 0 Å². The van der Waals surface area contributed by atoms with Gasteiger partial charge in [-0.3, -0.25) is 4.79 Å². The molecule has 21 heavy (non-hydrogen) atoms. The molecular formula is C16H18N2O3. The van der Waals surface area contributed by atoms with Crippen molar-refractivity contribution in [2.75, 3.05) is 0 Å². The first-order valence-corrected chi connectivity index (χ1v) is 7.36. The topological polar surface area (TPSA) is 65.2 Å². The summed E-state index contributed by atoms with van der Waals surface area (Å²) >= 11 is 0. The third-order valence-corrected chi connectivity index (χ3v) is 3.58. The number of hydrogen-bond acceptors (Lipinski definition) is 5. The van der Waals surface area contributed by atoms with Crippen LogP contribution in [0.1, 0.15) is 53.8 Å². The lowest BCUT2D eigenvalue weighted by atomic mass is 9.90. The van der Waals surface area contributed by atoms with Gasteiger partial charge in [-0.05, 0) is 37.0 Å². The van der Waals surface area contributed by atoms with Crippen LogP contribution in [0.25, 0.3) is 0 Å². The molecule has 0 atom stereocenters. The third kappa shape index (κ3) is 3.12. The lowest BCUT2D eigenvalue weighted by Crippen LogP contribution is -2.10. The Bertz CT molecular complexity index is 649. The highest BCUT2D eigenvalue weighted by atomic mass is 16.5. The zero-order valence-corrected chi connectivity index (χ0v) is 12.1. The first kappa shape index (κ1) is 13.8. The number of fused-ring (bicyclic) bond motifs is 1. The minimum atomic E-state index is 0.199. The summed E-state index contributed by atoms with van der Waals surface area (Å²) in [6, 6.07) is 5.68. The number of carbonyl (C=O) groups excluding carboxylic acids is 1. The SMILES string of the molecule is CCCc1noc(COc2ccc3c(c2)C(=O)CCC3)n1. The number of hydrogen-bond donors (Lipinski definition) is 0. The van der Waals surface area contributed by atoms with Crippen molar-refractivity contribution in [1.29, 1.82) is 0 Å². The van der Waals surface area contributed by atoms with E-state index in [1.54, 1.807) is 0 Å². The van der Waals surface area contributed by atoms with Crippen LogP contribution in [-0.2, 0) is 19.4 Å². The van der Waals surface area contributed by atoms with E-state index in [9.17, 15) is 4.79 Å². The molecule has 2 aromatic rings. The van der Waals surface area contributed by atoms with Crippen LogP contribution < -0.4 is 4.74 Å². The molecule has 1 aliphatic carbocycles. The van der Waals surface area contributed by atoms with Crippen LogP contribution in [0, 0.1) is 0 Å². The van der Waals surface area contributed by atoms with Gasteiger partial charge in [-0.2, -0.15) is 4.98 Å². The maximum Gasteiger partial charge on any atom is 0.264 e. The van der Waals surface area contributed by atoms with Crippen LogP contribution >= 0.6 is 0 Å². The van der Waals surface area contributed by atoms with Gasteiger partial charge in [0.15, 0.2) is 18.2 Å². The minimum absolute atomic E-state index is 0.199. The molecule has 0 radical (unpaired) electrons. The fourth-order valence-corrected chi connectivity index (χ4v) is 2.52. The third-order valence-electron chi connectivity index (χ3n) is 3.58. The second-order valence-electron chi connectivity index (χ2n) is 5.24. The Kier molecular flexibility index (Phi) is 3.99. The van der Waals surface area contributed by atoms with Crippen molar-refractivity contribution in [1.82, 2.24) is 10.1 Å². The van der Waals surface area contributed by atoms with Crippen molar-refractivity contribution < 1.29 is 14.1 Å². The predicted octanol–water partition coefficient (Wildman–Crippen LogP) is 3.12. The highest BCUT2D eigenvalue weighted by Gasteiger charge is 2.17. The van der Waals surface area contributed by atoms with E-state index < -0.39 is 0 Å². The van der Waals surface area contributed by atoms with Crippen LogP contribution in [0.5, 0.6) is 5.75 Å². The summed E-state index contributed by atoms with van der Waals surface area (Å²) in [7, 11) is 0. The number of Topliss-reactive ketones (excluding diaryl/α,β-unsaturated/α-hetero) is 1. The van der Waals surface area contributed by atoms with Crippen molar-refractivity contribution >= 4 is 5.78 Å². The molecule has 3 rings (SSSR count). The van der Waals surface area contributed by atoms with Gasteiger partial charge in [-0.25, -0.2) is 0 Å². The van der Waals surface area contributed by atoms with E-state index in [1.807, 2.05) is 18.2 Å². The Balaban J connectivity index is 1.67. The summed E-state index contributed by atoms with van der Waals surface area (Å²) in [5.41, 5.74) is 1.90. The van der Waals surface area contributed by atoms with Gasteiger partial charge in [0.05, 0.1) is 0 Å². The highest BCUT2D eigenvalue weighted by Crippen LogP contribution is 2.25. The van der Waals surface area contributed by atoms with E-state index in [-0.39, 0.29) is 12.4 Å². The molecule has 0 bridgehead atoms. The Labute approximate surface area is 123 Å². The molecule has 0 saturated carbocycles. The van der Waals surface area contributed by atoms with E-state index >= 15 is 0 Å². The van der Waals surface area contributed by atoms with Crippen LogP contribution in [-0.4, -0.2) is 15.9 Å². The van der Waals surface area contributed by atoms with E-state index in [1.165, 1.54) is 0 Å². The molecule has 0 aliphatic heterocycles. The Morgan fingerprint density at radius 2 is 2.24 bits per heavy atom. The number of ether oxygens (including phenoxy) is 1. The maximum atomic E-state index is 11.9. The molecular weight excluding hydrogens is 268 g/mol. The number of benzene rings is 1. The number of nitrogens with zero attached hydrogens (tertiary/aromatic N) is 2. The zero-order chi connectivity index (χ0) is 14.7. The van der Waals surface area contributed by atoms with E-state index in [0.29, 0.717) is 23.9 Å². The number of aromatic nitrogens is 2. The number of aryl methyl sites for hydroxylation is 2. The van der Waals surface area contributed by atoms with Gasteiger partial charge >= 0.3 is 0 Å². The van der Waals surface area contributed by atoms with E-state index in [4.69, 9.17) is 9.26 Å². The Hall–Kier alpha value is -2.17. The summed E-state index contributed by atoms with van der Waals surface area (Å²) in [5, 5.41) is 3.88. The molecule has 1 aromatic carbocycles. The summed E-state index contributed by atoms with van der Waals surface area (Å²) in [4.78, 5) is 16.1. The van der Waals surface area contributed by atoms with Gasteiger partial charge in [-0.1, -0.05) is 18.1 Å². The van der Waals surface area contributed by atoms with Crippen LogP contribution in [0.2, 0.25) is 0 Å². The van der Waals surface area contributed by atoms with Gasteiger partial charge in [0.1, 0.15) is 5.75 Å². The van der Waals surface area contributed by atoms with Crippen LogP contribution in [0.3, 0.4) is 0 Å². The lowest BCUT2D eigenvalue weighted by molar-refractivity contribution is 0.0972. The zero-order valence-electron chi connectivity index (χ0n) is 12.1. The van der Waals surface area contributed by atoms with Crippen molar-refractivity contribution in [3.8, 4) is 5.75 Å². The molecule has 1 aliphatic rings. The molecule has 5 nitrogen and oxygen atoms in total. The second kappa shape index (κ2) is 6.08. The molecule has 1 heterocycles. The molecule has 0 amide bonds. The minimum Gasteiger partial charge on any atom is -0.484 e. The number of ketones is 1. The summed E-state index contributed by atoms with van der Waals surface area (Å²) in [6.07, 6.45) is 4.31. The molecule has 0 saturated heterocycles. The number of rotatable bonds is 5. The summed E-state index contributed by atoms with van der Waals surface area (Å²) < 4.78 is 10.8. The highest BCUT2D eigenvalue weighted by molar-refractivity contribution is 5.98. The average Bonchev–Trinajstić information content (AvgIpc) is 2.94. The van der Waals surface area contributed by atoms with Crippen LogP contribution in [0.15, 0.2) is 22.7 Å². The normalized spacial score (nSPS) is 14.0. The van der Waals surface area contributed by atoms with E-state index in [0.717, 1.165) is 36.8 Å². The quantitative estimate of drug-likeness (QED) is 0.845. The standard InChI is InChI=1S/C16H18N2O3/c1-2-4-15-17-16(21-18-15)10-20-12-8-7-11-5-3-6-14(19)13(11)9-12/h7-9H,2-6,10H2,1H3. The fourth-order valence-electron chi connectivity index (χ4n) is 2.52. The van der Waals surface area contributed by atoms with Gasteiger partial charge in [0.25, 0.3) is 5.89 Å². The Morgan fingerprint density at radius 3 is 3.10 bits per heavy atom. The van der Waals surface area contributed by atoms with Crippen molar-refractivity contribution in [3.05, 3.63) is 41.0 Å². The van der Waals surface area contributed by atoms with Crippen molar-refractivity contribution in [2.45, 2.75) is 45.6 Å².